The SMILES string of the molecule is COC(=O)C(C)c1ccc(OC(=O)c2ccc(N=C(N)N)cc2)cc1.CS(=O)(=O)O. The molecule has 2 rings (SSSR count). The minimum absolute atomic E-state index is 0.0587. The summed E-state index contributed by atoms with van der Waals surface area (Å²) >= 11 is 0. The number of nitrogens with zero attached hydrogens (tertiary/aromatic N) is 1. The van der Waals surface area contributed by atoms with Crippen LogP contribution in [-0.4, -0.2) is 44.2 Å². The molecule has 0 radical (unpaired) electrons. The number of methoxy groups -OCH3 is 1. The highest BCUT2D eigenvalue weighted by Gasteiger charge is 2.16. The molecular weight excluding hydrogens is 414 g/mol. The van der Waals surface area contributed by atoms with Crippen LogP contribution in [0, 0.1) is 0 Å². The van der Waals surface area contributed by atoms with Gasteiger partial charge in [-0.2, -0.15) is 8.42 Å². The Hall–Kier alpha value is -3.44. The van der Waals surface area contributed by atoms with Crippen molar-refractivity contribution in [3.05, 3.63) is 59.7 Å². The molecular formula is C19H23N3O7S. The molecule has 0 fully saturated rings. The molecule has 2 aromatic carbocycles. The van der Waals surface area contributed by atoms with E-state index in [1.807, 2.05) is 0 Å². The Balaban J connectivity index is 0.000000804. The second-order valence-corrected chi connectivity index (χ2v) is 7.49. The Morgan fingerprint density at radius 2 is 1.53 bits per heavy atom. The van der Waals surface area contributed by atoms with Gasteiger partial charge >= 0.3 is 11.9 Å². The average Bonchev–Trinajstić information content (AvgIpc) is 2.66. The maximum atomic E-state index is 12.1. The molecule has 2 aromatic rings. The third kappa shape index (κ3) is 9.17. The molecule has 1 atom stereocenters. The van der Waals surface area contributed by atoms with Crippen LogP contribution in [0.3, 0.4) is 0 Å². The molecule has 0 saturated carbocycles. The molecule has 0 aliphatic carbocycles. The van der Waals surface area contributed by atoms with E-state index in [4.69, 9.17) is 25.5 Å². The number of carbonyl (C=O) groups excluding carboxylic acids is 2. The molecule has 162 valence electrons. The first kappa shape index (κ1) is 24.6. The van der Waals surface area contributed by atoms with Gasteiger partial charge in [0, 0.05) is 0 Å². The van der Waals surface area contributed by atoms with E-state index < -0.39 is 22.0 Å². The fourth-order valence-electron chi connectivity index (χ4n) is 2.12. The van der Waals surface area contributed by atoms with Gasteiger partial charge in [-0.1, -0.05) is 12.1 Å². The van der Waals surface area contributed by atoms with Crippen LogP contribution >= 0.6 is 0 Å². The predicted octanol–water partition coefficient (Wildman–Crippen LogP) is 1.59. The van der Waals surface area contributed by atoms with Gasteiger partial charge in [0.05, 0.1) is 30.5 Å². The summed E-state index contributed by atoms with van der Waals surface area (Å²) in [6, 6.07) is 13.0. The Kier molecular flexibility index (Phi) is 8.96. The molecule has 0 spiro atoms. The summed E-state index contributed by atoms with van der Waals surface area (Å²) in [6.45, 7) is 1.74. The van der Waals surface area contributed by atoms with Crippen molar-refractivity contribution < 1.29 is 32.0 Å². The van der Waals surface area contributed by atoms with Crippen LogP contribution in [0.5, 0.6) is 5.75 Å². The van der Waals surface area contributed by atoms with E-state index in [1.165, 1.54) is 7.11 Å². The van der Waals surface area contributed by atoms with Crippen LogP contribution in [0.1, 0.15) is 28.8 Å². The number of hydrogen-bond acceptors (Lipinski definition) is 7. The molecule has 11 heteroatoms. The second kappa shape index (κ2) is 10.9. The zero-order chi connectivity index (χ0) is 22.9. The van der Waals surface area contributed by atoms with Crippen molar-refractivity contribution >= 4 is 33.7 Å². The molecule has 0 heterocycles. The molecule has 1 unspecified atom stereocenters. The fourth-order valence-corrected chi connectivity index (χ4v) is 2.12. The number of hydrogen-bond donors (Lipinski definition) is 3. The van der Waals surface area contributed by atoms with Gasteiger partial charge in [0.2, 0.25) is 0 Å². The molecule has 0 amide bonds. The standard InChI is InChI=1S/C18H19N3O4.CH4O3S/c1-11(16(22)24-2)12-5-9-15(10-6-12)25-17(23)13-3-7-14(8-4-13)21-18(19)20;1-5(2,3)4/h3-11H,1-2H3,(H4,19,20,21);1H3,(H,2,3,4). The zero-order valence-electron chi connectivity index (χ0n) is 16.6. The summed E-state index contributed by atoms with van der Waals surface area (Å²) in [4.78, 5) is 27.5. The van der Waals surface area contributed by atoms with Gasteiger partial charge in [0.25, 0.3) is 10.1 Å². The van der Waals surface area contributed by atoms with Crippen molar-refractivity contribution in [3.63, 3.8) is 0 Å². The number of rotatable bonds is 5. The first-order chi connectivity index (χ1) is 13.9. The van der Waals surface area contributed by atoms with E-state index in [1.54, 1.807) is 55.5 Å². The molecule has 5 N–H and O–H groups in total. The minimum Gasteiger partial charge on any atom is -0.469 e. The van der Waals surface area contributed by atoms with E-state index in [0.29, 0.717) is 23.3 Å². The summed E-state index contributed by atoms with van der Waals surface area (Å²) in [5.74, 6) is -0.913. The Bertz CT molecular complexity index is 989. The average molecular weight is 437 g/mol. The maximum absolute atomic E-state index is 12.1. The van der Waals surface area contributed by atoms with Gasteiger partial charge in [0.1, 0.15) is 5.75 Å². The third-order valence-electron chi connectivity index (χ3n) is 3.51. The second-order valence-electron chi connectivity index (χ2n) is 6.02. The van der Waals surface area contributed by atoms with Crippen molar-refractivity contribution in [1.82, 2.24) is 0 Å². The number of ether oxygens (including phenoxy) is 2. The van der Waals surface area contributed by atoms with E-state index in [2.05, 4.69) is 4.99 Å². The first-order valence-corrected chi connectivity index (χ1v) is 10.3. The lowest BCUT2D eigenvalue weighted by molar-refractivity contribution is -0.142. The van der Waals surface area contributed by atoms with Crippen molar-refractivity contribution in [2.75, 3.05) is 13.4 Å². The summed E-state index contributed by atoms with van der Waals surface area (Å²) in [5, 5.41) is 0. The van der Waals surface area contributed by atoms with E-state index >= 15 is 0 Å². The monoisotopic (exact) mass is 437 g/mol. The highest BCUT2D eigenvalue weighted by atomic mass is 32.2. The van der Waals surface area contributed by atoms with Crippen LogP contribution in [-0.2, 0) is 19.6 Å². The van der Waals surface area contributed by atoms with E-state index in [9.17, 15) is 18.0 Å². The van der Waals surface area contributed by atoms with Gasteiger partial charge in [0.15, 0.2) is 5.96 Å². The zero-order valence-corrected chi connectivity index (χ0v) is 17.4. The highest BCUT2D eigenvalue weighted by Crippen LogP contribution is 2.21. The van der Waals surface area contributed by atoms with Crippen molar-refractivity contribution in [3.8, 4) is 5.75 Å². The van der Waals surface area contributed by atoms with Crippen LogP contribution in [0.25, 0.3) is 0 Å². The Labute approximate surface area is 174 Å². The normalized spacial score (nSPS) is 11.3. The third-order valence-corrected chi connectivity index (χ3v) is 3.51. The van der Waals surface area contributed by atoms with Crippen molar-refractivity contribution in [2.24, 2.45) is 16.5 Å². The van der Waals surface area contributed by atoms with Crippen LogP contribution in [0.15, 0.2) is 53.5 Å². The summed E-state index contributed by atoms with van der Waals surface area (Å²) in [5.41, 5.74) is 12.3. The number of guanidine groups is 1. The number of benzene rings is 2. The largest absolute Gasteiger partial charge is 0.469 e. The maximum Gasteiger partial charge on any atom is 0.343 e. The smallest absolute Gasteiger partial charge is 0.343 e. The van der Waals surface area contributed by atoms with E-state index in [-0.39, 0.29) is 11.9 Å². The van der Waals surface area contributed by atoms with Crippen molar-refractivity contribution in [2.45, 2.75) is 12.8 Å². The van der Waals surface area contributed by atoms with Crippen LogP contribution in [0.4, 0.5) is 5.69 Å². The Morgan fingerprint density at radius 1 is 1.03 bits per heavy atom. The van der Waals surface area contributed by atoms with Gasteiger partial charge in [-0.05, 0) is 48.9 Å². The molecule has 0 saturated heterocycles. The number of carbonyl (C=O) groups is 2. The van der Waals surface area contributed by atoms with Gasteiger partial charge < -0.3 is 20.9 Å². The molecule has 30 heavy (non-hydrogen) atoms. The number of esters is 2. The highest BCUT2D eigenvalue weighted by molar-refractivity contribution is 7.85. The fraction of sp³-hybridized carbons (Fsp3) is 0.211. The van der Waals surface area contributed by atoms with Crippen molar-refractivity contribution in [1.29, 1.82) is 0 Å². The van der Waals surface area contributed by atoms with Crippen LogP contribution < -0.4 is 16.2 Å². The van der Waals surface area contributed by atoms with Gasteiger partial charge in [-0.3, -0.25) is 9.35 Å². The van der Waals surface area contributed by atoms with Gasteiger partial charge in [-0.25, -0.2) is 9.79 Å². The summed E-state index contributed by atoms with van der Waals surface area (Å²) in [6.07, 6.45) is 0.715. The number of nitrogens with two attached hydrogens (primary N) is 2. The Morgan fingerprint density at radius 3 is 1.97 bits per heavy atom. The lowest BCUT2D eigenvalue weighted by Crippen LogP contribution is -2.21. The quantitative estimate of drug-likeness (QED) is 0.206. The lowest BCUT2D eigenvalue weighted by Gasteiger charge is -2.10. The first-order valence-electron chi connectivity index (χ1n) is 8.43. The van der Waals surface area contributed by atoms with Gasteiger partial charge in [-0.15, -0.1) is 0 Å². The minimum atomic E-state index is -3.67. The summed E-state index contributed by atoms with van der Waals surface area (Å²) < 4.78 is 35.9. The lowest BCUT2D eigenvalue weighted by atomic mass is 10.0. The number of aliphatic imine (C=N–C) groups is 1. The molecule has 10 nitrogen and oxygen atoms in total. The summed E-state index contributed by atoms with van der Waals surface area (Å²) in [7, 11) is -2.33. The molecule has 0 aromatic heterocycles. The predicted molar refractivity (Wildman–Crippen MR) is 111 cm³/mol. The molecule has 0 aliphatic rings. The van der Waals surface area contributed by atoms with E-state index in [0.717, 1.165) is 5.56 Å². The molecule has 0 bridgehead atoms. The molecule has 0 aliphatic heterocycles. The van der Waals surface area contributed by atoms with Crippen LogP contribution in [0.2, 0.25) is 0 Å². The topological polar surface area (TPSA) is 171 Å².